The van der Waals surface area contributed by atoms with Crippen molar-refractivity contribution in [3.8, 4) is 5.75 Å². The summed E-state index contributed by atoms with van der Waals surface area (Å²) in [6.45, 7) is 2.87. The van der Waals surface area contributed by atoms with Crippen LogP contribution in [-0.2, 0) is 14.4 Å². The third-order valence-corrected chi connectivity index (χ3v) is 5.34. The molecule has 0 spiro atoms. The Morgan fingerprint density at radius 3 is 2.52 bits per heavy atom. The van der Waals surface area contributed by atoms with Crippen molar-refractivity contribution in [1.29, 1.82) is 0 Å². The van der Waals surface area contributed by atoms with E-state index in [0.29, 0.717) is 24.6 Å². The van der Waals surface area contributed by atoms with Gasteiger partial charge in [0.25, 0.3) is 0 Å². The van der Waals surface area contributed by atoms with E-state index in [1.807, 2.05) is 55.5 Å². The Morgan fingerprint density at radius 2 is 1.72 bits per heavy atom. The molecule has 1 aliphatic rings. The Hall–Kier alpha value is -3.00. The van der Waals surface area contributed by atoms with Crippen LogP contribution in [0.3, 0.4) is 0 Å². The predicted octanol–water partition coefficient (Wildman–Crippen LogP) is 2.44. The zero-order valence-electron chi connectivity index (χ0n) is 16.1. The highest BCUT2D eigenvalue weighted by molar-refractivity contribution is 8.00. The zero-order valence-corrected chi connectivity index (χ0v) is 17.0. The SMILES string of the molecule is Cc1ccc(SCC(=O)NNC(=O)CCC(=O)N2CCOc3ccccc32)cc1. The first-order chi connectivity index (χ1) is 14.0. The van der Waals surface area contributed by atoms with Crippen molar-refractivity contribution in [2.45, 2.75) is 24.7 Å². The van der Waals surface area contributed by atoms with E-state index < -0.39 is 5.91 Å². The van der Waals surface area contributed by atoms with E-state index in [9.17, 15) is 14.4 Å². The lowest BCUT2D eigenvalue weighted by molar-refractivity contribution is -0.129. The number of anilines is 1. The maximum atomic E-state index is 12.5. The molecule has 2 aromatic carbocycles. The smallest absolute Gasteiger partial charge is 0.248 e. The van der Waals surface area contributed by atoms with Crippen LogP contribution < -0.4 is 20.5 Å². The van der Waals surface area contributed by atoms with Crippen molar-refractivity contribution in [3.05, 3.63) is 54.1 Å². The van der Waals surface area contributed by atoms with Gasteiger partial charge in [0.05, 0.1) is 18.0 Å². The van der Waals surface area contributed by atoms with Crippen LogP contribution >= 0.6 is 11.8 Å². The summed E-state index contributed by atoms with van der Waals surface area (Å²) in [5.41, 5.74) is 6.60. The molecule has 2 N–H and O–H groups in total. The summed E-state index contributed by atoms with van der Waals surface area (Å²) in [6.07, 6.45) is 0.0396. The van der Waals surface area contributed by atoms with Gasteiger partial charge in [0.1, 0.15) is 12.4 Å². The van der Waals surface area contributed by atoms with E-state index in [4.69, 9.17) is 4.74 Å². The van der Waals surface area contributed by atoms with Gasteiger partial charge >= 0.3 is 0 Å². The Labute approximate surface area is 173 Å². The van der Waals surface area contributed by atoms with Gasteiger partial charge in [0.15, 0.2) is 0 Å². The van der Waals surface area contributed by atoms with Gasteiger partial charge in [-0.25, -0.2) is 0 Å². The first-order valence-corrected chi connectivity index (χ1v) is 10.3. The number of nitrogens with zero attached hydrogens (tertiary/aromatic N) is 1. The van der Waals surface area contributed by atoms with Crippen molar-refractivity contribution in [2.75, 3.05) is 23.8 Å². The minimum Gasteiger partial charge on any atom is -0.490 e. The van der Waals surface area contributed by atoms with Crippen molar-refractivity contribution in [3.63, 3.8) is 0 Å². The molecule has 0 fully saturated rings. The number of para-hydroxylation sites is 2. The molecule has 0 radical (unpaired) electrons. The molecule has 7 nitrogen and oxygen atoms in total. The van der Waals surface area contributed by atoms with Crippen LogP contribution in [0.1, 0.15) is 18.4 Å². The number of hydrazine groups is 1. The molecule has 0 atom stereocenters. The second-order valence-corrected chi connectivity index (χ2v) is 7.61. The highest BCUT2D eigenvalue weighted by atomic mass is 32.2. The highest BCUT2D eigenvalue weighted by Crippen LogP contribution is 2.31. The van der Waals surface area contributed by atoms with Crippen molar-refractivity contribution in [2.24, 2.45) is 0 Å². The van der Waals surface area contributed by atoms with Gasteiger partial charge in [-0.05, 0) is 31.2 Å². The Balaban J connectivity index is 1.38. The van der Waals surface area contributed by atoms with Crippen LogP contribution in [0.4, 0.5) is 5.69 Å². The number of nitrogens with one attached hydrogen (secondary N) is 2. The molecule has 3 rings (SSSR count). The number of benzene rings is 2. The average molecular weight is 413 g/mol. The average Bonchev–Trinajstić information content (AvgIpc) is 2.75. The fourth-order valence-electron chi connectivity index (χ4n) is 2.81. The van der Waals surface area contributed by atoms with Crippen molar-refractivity contribution in [1.82, 2.24) is 10.9 Å². The van der Waals surface area contributed by atoms with Gasteiger partial charge in [-0.1, -0.05) is 29.8 Å². The minimum absolute atomic E-state index is 0.0102. The lowest BCUT2D eigenvalue weighted by Gasteiger charge is -2.29. The first kappa shape index (κ1) is 20.7. The van der Waals surface area contributed by atoms with Gasteiger partial charge in [-0.3, -0.25) is 25.2 Å². The third kappa shape index (κ3) is 5.99. The topological polar surface area (TPSA) is 87.7 Å². The van der Waals surface area contributed by atoms with E-state index in [2.05, 4.69) is 10.9 Å². The number of carbonyl (C=O) groups is 3. The standard InChI is InChI=1S/C21H23N3O4S/c1-15-6-8-16(9-7-15)29-14-20(26)23-22-19(25)10-11-21(27)24-12-13-28-18-5-3-2-4-17(18)24/h2-9H,10-14H2,1H3,(H,22,25)(H,23,26). The van der Waals surface area contributed by atoms with Gasteiger partial charge in [-0.15, -0.1) is 11.8 Å². The van der Waals surface area contributed by atoms with Crippen LogP contribution in [-0.4, -0.2) is 36.6 Å². The summed E-state index contributed by atoms with van der Waals surface area (Å²) in [6, 6.07) is 15.2. The van der Waals surface area contributed by atoms with Crippen LogP contribution in [0.15, 0.2) is 53.4 Å². The van der Waals surface area contributed by atoms with Gasteiger partial charge in [0.2, 0.25) is 17.7 Å². The van der Waals surface area contributed by atoms with Crippen LogP contribution in [0.25, 0.3) is 0 Å². The summed E-state index contributed by atoms with van der Waals surface area (Å²) in [4.78, 5) is 38.9. The van der Waals surface area contributed by atoms with Gasteiger partial charge in [-0.2, -0.15) is 0 Å². The Morgan fingerprint density at radius 1 is 1.00 bits per heavy atom. The third-order valence-electron chi connectivity index (χ3n) is 4.33. The maximum absolute atomic E-state index is 12.5. The maximum Gasteiger partial charge on any atom is 0.248 e. The quantitative estimate of drug-likeness (QED) is 0.561. The van der Waals surface area contributed by atoms with Crippen LogP contribution in [0.5, 0.6) is 5.75 Å². The first-order valence-electron chi connectivity index (χ1n) is 9.32. The molecule has 8 heteroatoms. The molecule has 1 aliphatic heterocycles. The van der Waals surface area contributed by atoms with Crippen LogP contribution in [0.2, 0.25) is 0 Å². The monoisotopic (exact) mass is 413 g/mol. The van der Waals surface area contributed by atoms with Gasteiger partial charge < -0.3 is 9.64 Å². The van der Waals surface area contributed by atoms with E-state index in [0.717, 1.165) is 10.5 Å². The summed E-state index contributed by atoms with van der Waals surface area (Å²) >= 11 is 1.38. The summed E-state index contributed by atoms with van der Waals surface area (Å²) in [5, 5.41) is 0. The number of hydrogen-bond acceptors (Lipinski definition) is 5. The molecule has 0 saturated carbocycles. The second kappa shape index (κ2) is 9.97. The van der Waals surface area contributed by atoms with E-state index in [1.54, 1.807) is 4.90 Å². The molecule has 0 aliphatic carbocycles. The summed E-state index contributed by atoms with van der Waals surface area (Å²) < 4.78 is 5.53. The molecule has 2 aromatic rings. The number of hydrogen-bond donors (Lipinski definition) is 2. The Kier molecular flexibility index (Phi) is 7.13. The predicted molar refractivity (Wildman–Crippen MR) is 112 cm³/mol. The Bertz CT molecular complexity index is 886. The minimum atomic E-state index is -0.409. The molecule has 3 amide bonds. The molecular weight excluding hydrogens is 390 g/mol. The van der Waals surface area contributed by atoms with E-state index >= 15 is 0 Å². The summed E-state index contributed by atoms with van der Waals surface area (Å²) in [5.74, 6) is -0.0229. The molecular formula is C21H23N3O4S. The second-order valence-electron chi connectivity index (χ2n) is 6.56. The lowest BCUT2D eigenvalue weighted by Crippen LogP contribution is -2.43. The molecule has 0 unspecified atom stereocenters. The number of aryl methyl sites for hydroxylation is 1. The van der Waals surface area contributed by atoms with Crippen LogP contribution in [0, 0.1) is 6.92 Å². The molecule has 1 heterocycles. The zero-order chi connectivity index (χ0) is 20.6. The number of thioether (sulfide) groups is 1. The summed E-state index contributed by atoms with van der Waals surface area (Å²) in [7, 11) is 0. The number of amides is 3. The largest absolute Gasteiger partial charge is 0.490 e. The number of ether oxygens (including phenoxy) is 1. The number of carbonyl (C=O) groups excluding carboxylic acids is 3. The van der Waals surface area contributed by atoms with Crippen molar-refractivity contribution < 1.29 is 19.1 Å². The number of rotatable bonds is 6. The van der Waals surface area contributed by atoms with Gasteiger partial charge in [0, 0.05) is 17.7 Å². The normalized spacial score (nSPS) is 12.5. The van der Waals surface area contributed by atoms with Crippen molar-refractivity contribution >= 4 is 35.2 Å². The molecule has 152 valence electrons. The highest BCUT2D eigenvalue weighted by Gasteiger charge is 2.23. The molecule has 0 bridgehead atoms. The van der Waals surface area contributed by atoms with E-state index in [-0.39, 0.29) is 30.4 Å². The fraction of sp³-hybridized carbons (Fsp3) is 0.286. The molecule has 0 saturated heterocycles. The molecule has 29 heavy (non-hydrogen) atoms. The van der Waals surface area contributed by atoms with E-state index in [1.165, 1.54) is 11.8 Å². The molecule has 0 aromatic heterocycles. The number of fused-ring (bicyclic) bond motifs is 1. The lowest BCUT2D eigenvalue weighted by atomic mass is 10.2. The fourth-order valence-corrected chi connectivity index (χ4v) is 3.50.